The van der Waals surface area contributed by atoms with E-state index in [9.17, 15) is 14.0 Å². The number of halogens is 1. The number of fused-ring (bicyclic) bond motifs is 1. The molecule has 0 radical (unpaired) electrons. The molecular weight excluding hydrogens is 413 g/mol. The quantitative estimate of drug-likeness (QED) is 0.410. The number of hydrogen-bond donors (Lipinski definition) is 3. The first-order valence-corrected chi connectivity index (χ1v) is 9.79. The number of carbonyl (C=O) groups is 2. The number of pyridine rings is 1. The Hall–Kier alpha value is -4.34. The summed E-state index contributed by atoms with van der Waals surface area (Å²) in [4.78, 5) is 33.6. The Labute approximate surface area is 182 Å². The second-order valence-corrected chi connectivity index (χ2v) is 7.39. The Morgan fingerprint density at radius 2 is 1.91 bits per heavy atom. The van der Waals surface area contributed by atoms with Crippen LogP contribution in [0.1, 0.15) is 41.4 Å². The first-order chi connectivity index (χ1) is 15.3. The van der Waals surface area contributed by atoms with Gasteiger partial charge in [0, 0.05) is 17.5 Å². The highest BCUT2D eigenvalue weighted by atomic mass is 19.1. The number of aromatic nitrogens is 4. The highest BCUT2D eigenvalue weighted by molar-refractivity contribution is 6.15. The third kappa shape index (κ3) is 3.97. The summed E-state index contributed by atoms with van der Waals surface area (Å²) in [6.07, 6.45) is 4.11. The van der Waals surface area contributed by atoms with Crippen LogP contribution in [0.15, 0.2) is 55.1 Å². The number of ketones is 1. The predicted molar refractivity (Wildman–Crippen MR) is 118 cm³/mol. The second kappa shape index (κ2) is 8.42. The molecule has 3 heterocycles. The van der Waals surface area contributed by atoms with Crippen LogP contribution in [0.25, 0.3) is 5.52 Å². The number of rotatable bonds is 5. The van der Waals surface area contributed by atoms with E-state index in [-0.39, 0.29) is 34.5 Å². The summed E-state index contributed by atoms with van der Waals surface area (Å²) in [6, 6.07) is 8.33. The Morgan fingerprint density at radius 3 is 2.66 bits per heavy atom. The van der Waals surface area contributed by atoms with E-state index in [1.54, 1.807) is 16.6 Å². The zero-order valence-electron chi connectivity index (χ0n) is 17.3. The van der Waals surface area contributed by atoms with Crippen molar-refractivity contribution in [3.05, 3.63) is 77.8 Å². The van der Waals surface area contributed by atoms with E-state index in [1.807, 2.05) is 13.8 Å². The molecule has 9 nitrogen and oxygen atoms in total. The van der Waals surface area contributed by atoms with Gasteiger partial charge in [-0.25, -0.2) is 18.7 Å². The van der Waals surface area contributed by atoms with Crippen molar-refractivity contribution in [3.63, 3.8) is 0 Å². The smallest absolute Gasteiger partial charge is 0.323 e. The van der Waals surface area contributed by atoms with Crippen LogP contribution in [0, 0.1) is 5.82 Å². The van der Waals surface area contributed by atoms with E-state index >= 15 is 0 Å². The number of carbonyl (C=O) groups excluding carboxylic acids is 2. The summed E-state index contributed by atoms with van der Waals surface area (Å²) in [6.45, 7) is 3.96. The molecule has 0 aliphatic heterocycles. The van der Waals surface area contributed by atoms with Crippen molar-refractivity contribution in [1.82, 2.24) is 19.6 Å². The lowest BCUT2D eigenvalue weighted by Crippen LogP contribution is -2.20. The van der Waals surface area contributed by atoms with E-state index in [2.05, 4.69) is 25.7 Å². The summed E-state index contributed by atoms with van der Waals surface area (Å²) in [5.41, 5.74) is 8.12. The van der Waals surface area contributed by atoms with Crippen LogP contribution in [0.3, 0.4) is 0 Å². The van der Waals surface area contributed by atoms with Gasteiger partial charge in [-0.05, 0) is 30.2 Å². The lowest BCUT2D eigenvalue weighted by molar-refractivity contribution is 0.104. The summed E-state index contributed by atoms with van der Waals surface area (Å²) in [5.74, 6) is -0.638. The fourth-order valence-corrected chi connectivity index (χ4v) is 3.31. The van der Waals surface area contributed by atoms with Crippen molar-refractivity contribution in [3.8, 4) is 0 Å². The van der Waals surface area contributed by atoms with Crippen molar-refractivity contribution in [2.75, 3.05) is 16.4 Å². The maximum absolute atomic E-state index is 13.7. The van der Waals surface area contributed by atoms with Crippen LogP contribution < -0.4 is 16.4 Å². The molecular formula is C22H20FN7O2. The minimum Gasteiger partial charge on any atom is -0.382 e. The number of amides is 2. The van der Waals surface area contributed by atoms with Gasteiger partial charge in [-0.1, -0.05) is 26.0 Å². The summed E-state index contributed by atoms with van der Waals surface area (Å²) in [5, 5.41) is 9.19. The number of para-hydroxylation sites is 1. The third-order valence-corrected chi connectivity index (χ3v) is 4.83. The van der Waals surface area contributed by atoms with Gasteiger partial charge in [0.2, 0.25) is 0 Å². The highest BCUT2D eigenvalue weighted by Gasteiger charge is 2.22. The lowest BCUT2D eigenvalue weighted by atomic mass is 10.0. The number of hydrogen-bond acceptors (Lipinski definition) is 6. The van der Waals surface area contributed by atoms with Crippen molar-refractivity contribution in [2.24, 2.45) is 0 Å². The molecule has 0 spiro atoms. The van der Waals surface area contributed by atoms with Crippen LogP contribution in [0.4, 0.5) is 26.4 Å². The molecule has 0 unspecified atom stereocenters. The van der Waals surface area contributed by atoms with Gasteiger partial charge in [0.05, 0.1) is 23.1 Å². The van der Waals surface area contributed by atoms with E-state index in [4.69, 9.17) is 5.73 Å². The van der Waals surface area contributed by atoms with Gasteiger partial charge in [0.25, 0.3) is 0 Å². The molecule has 162 valence electrons. The van der Waals surface area contributed by atoms with Gasteiger partial charge in [0.15, 0.2) is 11.6 Å². The van der Waals surface area contributed by atoms with Crippen LogP contribution in [-0.2, 0) is 0 Å². The van der Waals surface area contributed by atoms with Crippen LogP contribution in [0.5, 0.6) is 0 Å². The van der Waals surface area contributed by atoms with Crippen molar-refractivity contribution < 1.29 is 14.0 Å². The van der Waals surface area contributed by atoms with Gasteiger partial charge < -0.3 is 16.4 Å². The number of nitrogen functional groups attached to an aromatic ring is 1. The molecule has 2 amide bonds. The minimum atomic E-state index is -0.671. The Balaban J connectivity index is 1.62. The molecule has 0 fully saturated rings. The molecule has 0 aliphatic rings. The standard InChI is InChI=1S/C22H20FN7O2/c1-12(2)18-8-15(19-21(24)26-11-27-30(18)19)20(31)13-7-14(10-25-9-13)28-22(32)29-17-6-4-3-5-16(17)23/h3-12H,1-2H3,(H2,24,26,27)(H2,28,29,32). The fourth-order valence-electron chi connectivity index (χ4n) is 3.31. The molecule has 0 bridgehead atoms. The van der Waals surface area contributed by atoms with Crippen LogP contribution >= 0.6 is 0 Å². The van der Waals surface area contributed by atoms with Crippen LogP contribution in [0.2, 0.25) is 0 Å². The summed E-state index contributed by atoms with van der Waals surface area (Å²) >= 11 is 0. The minimum absolute atomic E-state index is 0.0298. The predicted octanol–water partition coefficient (Wildman–Crippen LogP) is 3.84. The Bertz CT molecular complexity index is 1330. The average molecular weight is 433 g/mol. The first-order valence-electron chi connectivity index (χ1n) is 9.79. The lowest BCUT2D eigenvalue weighted by Gasteiger charge is -2.09. The Morgan fingerprint density at radius 1 is 1.12 bits per heavy atom. The summed E-state index contributed by atoms with van der Waals surface area (Å²) in [7, 11) is 0. The molecule has 1 aromatic carbocycles. The van der Waals surface area contributed by atoms with Crippen molar-refractivity contribution >= 4 is 34.5 Å². The molecule has 4 aromatic rings. The molecule has 10 heteroatoms. The zero-order valence-corrected chi connectivity index (χ0v) is 17.3. The number of benzene rings is 1. The van der Waals surface area contributed by atoms with Gasteiger partial charge >= 0.3 is 6.03 Å². The molecule has 0 saturated carbocycles. The second-order valence-electron chi connectivity index (χ2n) is 7.39. The van der Waals surface area contributed by atoms with E-state index < -0.39 is 11.8 Å². The van der Waals surface area contributed by atoms with Crippen LogP contribution in [-0.4, -0.2) is 31.4 Å². The van der Waals surface area contributed by atoms with Gasteiger partial charge in [-0.3, -0.25) is 9.78 Å². The number of urea groups is 1. The number of nitrogens with two attached hydrogens (primary N) is 1. The third-order valence-electron chi connectivity index (χ3n) is 4.83. The number of nitrogens with one attached hydrogen (secondary N) is 2. The van der Waals surface area contributed by atoms with Gasteiger partial charge in [0.1, 0.15) is 17.7 Å². The Kier molecular flexibility index (Phi) is 5.50. The molecule has 4 N–H and O–H groups in total. The SMILES string of the molecule is CC(C)c1cc(C(=O)c2cncc(NC(=O)Nc3ccccc3F)c2)c2c(N)ncnn12. The molecule has 3 aromatic heterocycles. The molecule has 0 atom stereocenters. The molecule has 32 heavy (non-hydrogen) atoms. The van der Waals surface area contributed by atoms with E-state index in [0.717, 1.165) is 5.69 Å². The van der Waals surface area contributed by atoms with Crippen molar-refractivity contribution in [2.45, 2.75) is 19.8 Å². The van der Waals surface area contributed by atoms with E-state index in [0.29, 0.717) is 11.1 Å². The highest BCUT2D eigenvalue weighted by Crippen LogP contribution is 2.27. The van der Waals surface area contributed by atoms with Crippen molar-refractivity contribution in [1.29, 1.82) is 0 Å². The number of nitrogens with zero attached hydrogens (tertiary/aromatic N) is 4. The largest absolute Gasteiger partial charge is 0.382 e. The van der Waals surface area contributed by atoms with E-state index in [1.165, 1.54) is 43.0 Å². The van der Waals surface area contributed by atoms with Gasteiger partial charge in [-0.2, -0.15) is 5.10 Å². The normalized spacial score (nSPS) is 11.0. The monoisotopic (exact) mass is 433 g/mol. The first kappa shape index (κ1) is 20.9. The maximum Gasteiger partial charge on any atom is 0.323 e. The summed E-state index contributed by atoms with van der Waals surface area (Å²) < 4.78 is 15.4. The number of anilines is 3. The maximum atomic E-state index is 13.7. The molecule has 0 aliphatic carbocycles. The topological polar surface area (TPSA) is 127 Å². The average Bonchev–Trinajstić information content (AvgIpc) is 3.16. The molecule has 0 saturated heterocycles. The fraction of sp³-hybridized carbons (Fsp3) is 0.136. The van der Waals surface area contributed by atoms with Gasteiger partial charge in [-0.15, -0.1) is 0 Å². The molecule has 4 rings (SSSR count). The zero-order chi connectivity index (χ0) is 22.8.